The molecule has 0 bridgehead atoms. The predicted octanol–water partition coefficient (Wildman–Crippen LogP) is 3.63. The maximum absolute atomic E-state index is 13.5. The molecule has 8 heteroatoms. The summed E-state index contributed by atoms with van der Waals surface area (Å²) in [7, 11) is -3.93. The Hall–Kier alpha value is -3.36. The second-order valence-corrected chi connectivity index (χ2v) is 10.3. The van der Waals surface area contributed by atoms with Gasteiger partial charge in [0.15, 0.2) is 0 Å². The summed E-state index contributed by atoms with van der Waals surface area (Å²) in [5.41, 5.74) is 1.66. The highest BCUT2D eigenvalue weighted by atomic mass is 32.2. The summed E-state index contributed by atoms with van der Waals surface area (Å²) in [5, 5.41) is 0. The fourth-order valence-electron chi connectivity index (χ4n) is 4.13. The SMILES string of the molecule is CCOc1ccc(N(CC(=O)N2CCN(Cc3ccccc3)CC2)S(=O)(=O)c2ccccc2)cc1. The molecule has 0 saturated carbocycles. The second kappa shape index (κ2) is 11.4. The standard InChI is InChI=1S/C27H31N3O4S/c1-2-34-25-15-13-24(14-16-25)30(35(32,33)26-11-7-4-8-12-26)22-27(31)29-19-17-28(18-20-29)21-23-9-5-3-6-10-23/h3-16H,2,17-22H2,1H3. The number of rotatable bonds is 9. The Morgan fingerprint density at radius 2 is 1.46 bits per heavy atom. The molecule has 1 saturated heterocycles. The average Bonchev–Trinajstić information content (AvgIpc) is 2.89. The van der Waals surface area contributed by atoms with Crippen LogP contribution in [0.25, 0.3) is 0 Å². The summed E-state index contributed by atoms with van der Waals surface area (Å²) in [6.07, 6.45) is 0. The molecule has 1 aliphatic rings. The molecule has 1 amide bonds. The molecule has 184 valence electrons. The zero-order chi connectivity index (χ0) is 24.7. The van der Waals surface area contributed by atoms with Gasteiger partial charge in [-0.05, 0) is 48.9 Å². The molecule has 35 heavy (non-hydrogen) atoms. The van der Waals surface area contributed by atoms with Crippen LogP contribution >= 0.6 is 0 Å². The number of carbonyl (C=O) groups excluding carboxylic acids is 1. The fourth-order valence-corrected chi connectivity index (χ4v) is 5.57. The largest absolute Gasteiger partial charge is 0.494 e. The van der Waals surface area contributed by atoms with Crippen molar-refractivity contribution in [3.05, 3.63) is 90.5 Å². The number of nitrogens with zero attached hydrogens (tertiary/aromatic N) is 3. The van der Waals surface area contributed by atoms with Crippen molar-refractivity contribution in [1.29, 1.82) is 0 Å². The van der Waals surface area contributed by atoms with Crippen LogP contribution in [0.5, 0.6) is 5.75 Å². The smallest absolute Gasteiger partial charge is 0.264 e. The maximum Gasteiger partial charge on any atom is 0.264 e. The highest BCUT2D eigenvalue weighted by molar-refractivity contribution is 7.92. The molecule has 3 aromatic rings. The van der Waals surface area contributed by atoms with Crippen LogP contribution in [-0.4, -0.2) is 63.5 Å². The van der Waals surface area contributed by atoms with Gasteiger partial charge in [-0.3, -0.25) is 14.0 Å². The van der Waals surface area contributed by atoms with Crippen molar-refractivity contribution in [2.45, 2.75) is 18.4 Å². The van der Waals surface area contributed by atoms with E-state index in [0.29, 0.717) is 31.1 Å². The molecule has 0 unspecified atom stereocenters. The normalized spacial score (nSPS) is 14.5. The number of ether oxygens (including phenoxy) is 1. The van der Waals surface area contributed by atoms with Gasteiger partial charge in [0, 0.05) is 32.7 Å². The topological polar surface area (TPSA) is 70.2 Å². The lowest BCUT2D eigenvalue weighted by Crippen LogP contribution is -2.51. The van der Waals surface area contributed by atoms with Gasteiger partial charge in [-0.25, -0.2) is 8.42 Å². The van der Waals surface area contributed by atoms with Crippen LogP contribution < -0.4 is 9.04 Å². The third kappa shape index (κ3) is 6.21. The van der Waals surface area contributed by atoms with Crippen molar-refractivity contribution in [2.75, 3.05) is 43.6 Å². The van der Waals surface area contributed by atoms with Gasteiger partial charge < -0.3 is 9.64 Å². The summed E-state index contributed by atoms with van der Waals surface area (Å²) < 4.78 is 33.7. The van der Waals surface area contributed by atoms with Gasteiger partial charge in [0.25, 0.3) is 10.0 Å². The molecule has 3 aromatic carbocycles. The summed E-state index contributed by atoms with van der Waals surface area (Å²) in [5.74, 6) is 0.437. The van der Waals surface area contributed by atoms with Crippen molar-refractivity contribution in [3.63, 3.8) is 0 Å². The van der Waals surface area contributed by atoms with E-state index in [9.17, 15) is 13.2 Å². The number of hydrogen-bond donors (Lipinski definition) is 0. The van der Waals surface area contributed by atoms with Gasteiger partial charge in [-0.2, -0.15) is 0 Å². The minimum Gasteiger partial charge on any atom is -0.494 e. The maximum atomic E-state index is 13.5. The van der Waals surface area contributed by atoms with E-state index in [0.717, 1.165) is 19.6 Å². The Labute approximate surface area is 207 Å². The summed E-state index contributed by atoms with van der Waals surface area (Å²) in [6, 6.07) is 25.3. The number of amides is 1. The molecular formula is C27H31N3O4S. The van der Waals surface area contributed by atoms with Crippen LogP contribution in [0.4, 0.5) is 5.69 Å². The second-order valence-electron chi connectivity index (χ2n) is 8.39. The zero-order valence-electron chi connectivity index (χ0n) is 19.9. The van der Waals surface area contributed by atoms with E-state index in [1.54, 1.807) is 59.5 Å². The lowest BCUT2D eigenvalue weighted by atomic mass is 10.2. The molecule has 0 radical (unpaired) electrons. The first kappa shape index (κ1) is 24.8. The Bertz CT molecular complexity index is 1190. The van der Waals surface area contributed by atoms with Crippen LogP contribution in [0.1, 0.15) is 12.5 Å². The van der Waals surface area contributed by atoms with E-state index < -0.39 is 10.0 Å². The average molecular weight is 494 g/mol. The van der Waals surface area contributed by atoms with Crippen molar-refractivity contribution < 1.29 is 17.9 Å². The molecular weight excluding hydrogens is 462 g/mol. The third-order valence-electron chi connectivity index (χ3n) is 6.02. The van der Waals surface area contributed by atoms with Gasteiger partial charge in [-0.15, -0.1) is 0 Å². The highest BCUT2D eigenvalue weighted by Gasteiger charge is 2.30. The Morgan fingerprint density at radius 3 is 2.06 bits per heavy atom. The van der Waals surface area contributed by atoms with Crippen LogP contribution in [0.3, 0.4) is 0 Å². The summed E-state index contributed by atoms with van der Waals surface area (Å²) in [4.78, 5) is 17.5. The van der Waals surface area contributed by atoms with Gasteiger partial charge in [-0.1, -0.05) is 48.5 Å². The van der Waals surface area contributed by atoms with Gasteiger partial charge >= 0.3 is 0 Å². The zero-order valence-corrected chi connectivity index (χ0v) is 20.7. The lowest BCUT2D eigenvalue weighted by molar-refractivity contribution is -0.131. The molecule has 0 spiro atoms. The highest BCUT2D eigenvalue weighted by Crippen LogP contribution is 2.26. The van der Waals surface area contributed by atoms with Crippen molar-refractivity contribution in [3.8, 4) is 5.75 Å². The quantitative estimate of drug-likeness (QED) is 0.455. The minimum atomic E-state index is -3.93. The number of carbonyl (C=O) groups is 1. The van der Waals surface area contributed by atoms with E-state index >= 15 is 0 Å². The van der Waals surface area contributed by atoms with Gasteiger partial charge in [0.1, 0.15) is 12.3 Å². The predicted molar refractivity (Wildman–Crippen MR) is 137 cm³/mol. The van der Waals surface area contributed by atoms with Gasteiger partial charge in [0.2, 0.25) is 5.91 Å². The first-order valence-corrected chi connectivity index (χ1v) is 13.3. The molecule has 4 rings (SSSR count). The van der Waals surface area contributed by atoms with Crippen LogP contribution in [0, 0.1) is 0 Å². The Morgan fingerprint density at radius 1 is 0.857 bits per heavy atom. The molecule has 0 aromatic heterocycles. The van der Waals surface area contributed by atoms with Crippen molar-refractivity contribution in [1.82, 2.24) is 9.80 Å². The van der Waals surface area contributed by atoms with Crippen LogP contribution in [0.15, 0.2) is 89.8 Å². The molecule has 1 heterocycles. The number of anilines is 1. The molecule has 0 N–H and O–H groups in total. The van der Waals surface area contributed by atoms with E-state index in [1.165, 1.54) is 9.87 Å². The third-order valence-corrected chi connectivity index (χ3v) is 7.81. The van der Waals surface area contributed by atoms with E-state index in [2.05, 4.69) is 17.0 Å². The van der Waals surface area contributed by atoms with Crippen LogP contribution in [0.2, 0.25) is 0 Å². The number of benzene rings is 3. The van der Waals surface area contributed by atoms with E-state index in [-0.39, 0.29) is 17.3 Å². The van der Waals surface area contributed by atoms with E-state index in [4.69, 9.17) is 4.74 Å². The molecule has 7 nitrogen and oxygen atoms in total. The monoisotopic (exact) mass is 493 g/mol. The first-order valence-electron chi connectivity index (χ1n) is 11.8. The molecule has 0 aliphatic carbocycles. The number of piperazine rings is 1. The van der Waals surface area contributed by atoms with Crippen molar-refractivity contribution >= 4 is 21.6 Å². The first-order chi connectivity index (χ1) is 17.0. The van der Waals surface area contributed by atoms with E-state index in [1.807, 2.05) is 25.1 Å². The molecule has 0 atom stereocenters. The summed E-state index contributed by atoms with van der Waals surface area (Å²) in [6.45, 7) is 5.60. The van der Waals surface area contributed by atoms with Gasteiger partial charge in [0.05, 0.1) is 17.2 Å². The minimum absolute atomic E-state index is 0.148. The Kier molecular flexibility index (Phi) is 8.05. The fraction of sp³-hybridized carbons (Fsp3) is 0.296. The summed E-state index contributed by atoms with van der Waals surface area (Å²) >= 11 is 0. The van der Waals surface area contributed by atoms with Crippen molar-refractivity contribution in [2.24, 2.45) is 0 Å². The Balaban J connectivity index is 1.48. The number of hydrogen-bond acceptors (Lipinski definition) is 5. The van der Waals surface area contributed by atoms with Crippen LogP contribution in [-0.2, 0) is 21.4 Å². The molecule has 1 aliphatic heterocycles. The number of sulfonamides is 1. The lowest BCUT2D eigenvalue weighted by Gasteiger charge is -2.36. The molecule has 1 fully saturated rings.